The average molecular weight is 262 g/mol. The van der Waals surface area contributed by atoms with E-state index in [9.17, 15) is 10.1 Å². The van der Waals surface area contributed by atoms with Crippen molar-refractivity contribution in [1.82, 2.24) is 4.90 Å². The van der Waals surface area contributed by atoms with E-state index in [-0.39, 0.29) is 5.69 Å². The van der Waals surface area contributed by atoms with Gasteiger partial charge in [-0.3, -0.25) is 10.1 Å². The van der Waals surface area contributed by atoms with Crippen molar-refractivity contribution >= 4 is 11.4 Å². The van der Waals surface area contributed by atoms with Crippen molar-refractivity contribution in [2.24, 2.45) is 0 Å². The topological polar surface area (TPSA) is 82.2 Å². The first kappa shape index (κ1) is 14.9. The summed E-state index contributed by atoms with van der Waals surface area (Å²) in [6, 6.07) is 6.35. The number of nitrogens with one attached hydrogen (secondary N) is 1. The zero-order valence-electron chi connectivity index (χ0n) is 11.2. The van der Waals surface area contributed by atoms with Gasteiger partial charge in [0.25, 0.3) is 5.69 Å². The van der Waals surface area contributed by atoms with Crippen molar-refractivity contribution in [1.29, 1.82) is 5.26 Å². The fourth-order valence-electron chi connectivity index (χ4n) is 1.79. The molecule has 0 bridgehead atoms. The van der Waals surface area contributed by atoms with Crippen molar-refractivity contribution in [2.75, 3.05) is 31.5 Å². The third-order valence-corrected chi connectivity index (χ3v) is 2.96. The highest BCUT2D eigenvalue weighted by atomic mass is 16.6. The van der Waals surface area contributed by atoms with Gasteiger partial charge in [0.2, 0.25) is 0 Å². The van der Waals surface area contributed by atoms with Crippen LogP contribution >= 0.6 is 0 Å². The normalized spacial score (nSPS) is 10.2. The van der Waals surface area contributed by atoms with Crippen LogP contribution in [0.2, 0.25) is 0 Å². The van der Waals surface area contributed by atoms with Gasteiger partial charge in [-0.2, -0.15) is 5.26 Å². The zero-order chi connectivity index (χ0) is 14.3. The third kappa shape index (κ3) is 4.23. The van der Waals surface area contributed by atoms with E-state index in [0.29, 0.717) is 17.8 Å². The van der Waals surface area contributed by atoms with E-state index in [1.807, 2.05) is 6.07 Å². The molecule has 0 heterocycles. The van der Waals surface area contributed by atoms with Gasteiger partial charge in [0, 0.05) is 19.2 Å². The summed E-state index contributed by atoms with van der Waals surface area (Å²) in [5.74, 6) is 0. The second-order valence-electron chi connectivity index (χ2n) is 4.05. The number of hydrogen-bond donors (Lipinski definition) is 1. The number of nitrogens with zero attached hydrogens (tertiary/aromatic N) is 3. The van der Waals surface area contributed by atoms with E-state index < -0.39 is 4.92 Å². The highest BCUT2D eigenvalue weighted by Crippen LogP contribution is 2.25. The van der Waals surface area contributed by atoms with Crippen LogP contribution in [0.4, 0.5) is 11.4 Å². The first-order valence-electron chi connectivity index (χ1n) is 6.27. The van der Waals surface area contributed by atoms with Crippen molar-refractivity contribution in [3.8, 4) is 6.07 Å². The van der Waals surface area contributed by atoms with E-state index in [0.717, 1.165) is 19.6 Å². The molecule has 0 aromatic heterocycles. The van der Waals surface area contributed by atoms with Crippen LogP contribution in [0.1, 0.15) is 19.4 Å². The number of anilines is 1. The Balaban J connectivity index is 2.73. The first-order valence-corrected chi connectivity index (χ1v) is 6.27. The molecular formula is C13H18N4O2. The summed E-state index contributed by atoms with van der Waals surface area (Å²) in [5.41, 5.74) is 0.691. The van der Waals surface area contributed by atoms with Crippen molar-refractivity contribution < 1.29 is 4.92 Å². The Morgan fingerprint density at radius 1 is 1.42 bits per heavy atom. The summed E-state index contributed by atoms with van der Waals surface area (Å²) in [5, 5.41) is 22.7. The Kier molecular flexibility index (Phi) is 5.76. The molecule has 0 aliphatic carbocycles. The van der Waals surface area contributed by atoms with Crippen LogP contribution in [0.5, 0.6) is 0 Å². The third-order valence-electron chi connectivity index (χ3n) is 2.96. The van der Waals surface area contributed by atoms with Gasteiger partial charge in [-0.15, -0.1) is 0 Å². The molecule has 1 rings (SSSR count). The number of hydrogen-bond acceptors (Lipinski definition) is 5. The van der Waals surface area contributed by atoms with E-state index >= 15 is 0 Å². The molecule has 0 aliphatic heterocycles. The molecule has 19 heavy (non-hydrogen) atoms. The highest BCUT2D eigenvalue weighted by Gasteiger charge is 2.14. The average Bonchev–Trinajstić information content (AvgIpc) is 2.43. The minimum atomic E-state index is -0.472. The minimum absolute atomic E-state index is 0.0569. The Morgan fingerprint density at radius 3 is 2.63 bits per heavy atom. The molecule has 1 aromatic carbocycles. The summed E-state index contributed by atoms with van der Waals surface area (Å²) in [6.45, 7) is 7.52. The summed E-state index contributed by atoms with van der Waals surface area (Å²) in [7, 11) is 0. The van der Waals surface area contributed by atoms with Gasteiger partial charge in [0.15, 0.2) is 0 Å². The maximum Gasteiger partial charge on any atom is 0.293 e. The van der Waals surface area contributed by atoms with Crippen LogP contribution in [0.3, 0.4) is 0 Å². The molecule has 6 heteroatoms. The quantitative estimate of drug-likeness (QED) is 0.601. The van der Waals surface area contributed by atoms with Gasteiger partial charge in [0.1, 0.15) is 5.69 Å². The number of rotatable bonds is 7. The minimum Gasteiger partial charge on any atom is -0.378 e. The van der Waals surface area contributed by atoms with Crippen LogP contribution in [-0.4, -0.2) is 36.0 Å². The standard InChI is InChI=1S/C13H18N4O2/c1-3-16(4-2)8-7-15-12-6-5-11(10-14)9-13(12)17(18)19/h5-6,9,15H,3-4,7-8H2,1-2H3. The van der Waals surface area contributed by atoms with Crippen LogP contribution in [-0.2, 0) is 0 Å². The van der Waals surface area contributed by atoms with Crippen LogP contribution in [0, 0.1) is 21.4 Å². The van der Waals surface area contributed by atoms with Crippen LogP contribution < -0.4 is 5.32 Å². The molecule has 1 N–H and O–H groups in total. The number of benzene rings is 1. The zero-order valence-corrected chi connectivity index (χ0v) is 11.2. The molecule has 0 atom stereocenters. The maximum absolute atomic E-state index is 10.9. The lowest BCUT2D eigenvalue weighted by molar-refractivity contribution is -0.384. The maximum atomic E-state index is 10.9. The second kappa shape index (κ2) is 7.34. The molecule has 0 aliphatic rings. The van der Waals surface area contributed by atoms with Gasteiger partial charge in [-0.05, 0) is 25.2 Å². The smallest absolute Gasteiger partial charge is 0.293 e. The second-order valence-corrected chi connectivity index (χ2v) is 4.05. The van der Waals surface area contributed by atoms with E-state index in [4.69, 9.17) is 5.26 Å². The van der Waals surface area contributed by atoms with Crippen LogP contribution in [0.15, 0.2) is 18.2 Å². The van der Waals surface area contributed by atoms with Gasteiger partial charge >= 0.3 is 0 Å². The molecular weight excluding hydrogens is 244 g/mol. The summed E-state index contributed by atoms with van der Waals surface area (Å²) < 4.78 is 0. The molecule has 0 saturated carbocycles. The Labute approximate surface area is 112 Å². The molecule has 0 fully saturated rings. The lowest BCUT2D eigenvalue weighted by Gasteiger charge is -2.18. The summed E-state index contributed by atoms with van der Waals surface area (Å²) >= 11 is 0. The summed E-state index contributed by atoms with van der Waals surface area (Å²) in [6.07, 6.45) is 0. The fraction of sp³-hybridized carbons (Fsp3) is 0.462. The van der Waals surface area contributed by atoms with Crippen molar-refractivity contribution in [3.05, 3.63) is 33.9 Å². The largest absolute Gasteiger partial charge is 0.378 e. The Bertz CT molecular complexity index is 478. The molecule has 0 amide bonds. The monoisotopic (exact) mass is 262 g/mol. The van der Waals surface area contributed by atoms with Crippen molar-refractivity contribution in [2.45, 2.75) is 13.8 Å². The molecule has 0 spiro atoms. The van der Waals surface area contributed by atoms with Gasteiger partial charge in [0.05, 0.1) is 16.6 Å². The van der Waals surface area contributed by atoms with E-state index in [1.54, 1.807) is 12.1 Å². The fourth-order valence-corrected chi connectivity index (χ4v) is 1.79. The lowest BCUT2D eigenvalue weighted by atomic mass is 10.2. The van der Waals surface area contributed by atoms with Gasteiger partial charge in [-0.25, -0.2) is 0 Å². The summed E-state index contributed by atoms with van der Waals surface area (Å²) in [4.78, 5) is 12.7. The van der Waals surface area contributed by atoms with E-state index in [1.165, 1.54) is 6.07 Å². The predicted molar refractivity (Wildman–Crippen MR) is 74.1 cm³/mol. The number of nitro groups is 1. The molecule has 0 unspecified atom stereocenters. The predicted octanol–water partition coefficient (Wildman–Crippen LogP) is 2.22. The van der Waals surface area contributed by atoms with E-state index in [2.05, 4.69) is 24.1 Å². The highest BCUT2D eigenvalue weighted by molar-refractivity contribution is 5.64. The Hall–Kier alpha value is -2.13. The molecule has 0 saturated heterocycles. The molecule has 6 nitrogen and oxygen atoms in total. The van der Waals surface area contributed by atoms with Gasteiger partial charge < -0.3 is 10.2 Å². The van der Waals surface area contributed by atoms with Gasteiger partial charge in [-0.1, -0.05) is 13.8 Å². The Morgan fingerprint density at radius 2 is 2.11 bits per heavy atom. The molecule has 102 valence electrons. The SMILES string of the molecule is CCN(CC)CCNc1ccc(C#N)cc1[N+](=O)[O-]. The number of nitro benzene ring substituents is 1. The number of nitriles is 1. The number of likely N-dealkylation sites (N-methyl/N-ethyl adjacent to an activating group) is 1. The molecule has 0 radical (unpaired) electrons. The first-order chi connectivity index (χ1) is 9.12. The van der Waals surface area contributed by atoms with Crippen molar-refractivity contribution in [3.63, 3.8) is 0 Å². The lowest BCUT2D eigenvalue weighted by Crippen LogP contribution is -2.28. The molecule has 1 aromatic rings. The van der Waals surface area contributed by atoms with Crippen LogP contribution in [0.25, 0.3) is 0 Å².